The average Bonchev–Trinajstić information content (AvgIpc) is 3.33. The van der Waals surface area contributed by atoms with E-state index in [0.29, 0.717) is 18.8 Å². The molecule has 2 atom stereocenters. The van der Waals surface area contributed by atoms with Gasteiger partial charge in [-0.05, 0) is 32.1 Å². The van der Waals surface area contributed by atoms with Crippen molar-refractivity contribution in [2.75, 3.05) is 64.1 Å². The van der Waals surface area contributed by atoms with Crippen molar-refractivity contribution in [3.63, 3.8) is 0 Å². The van der Waals surface area contributed by atoms with Crippen molar-refractivity contribution >= 4 is 22.6 Å². The molecule has 0 bridgehead atoms. The first-order chi connectivity index (χ1) is 15.7. The minimum absolute atomic E-state index is 0.331. The van der Waals surface area contributed by atoms with Gasteiger partial charge in [-0.25, -0.2) is 9.98 Å². The number of ether oxygens (including phenoxy) is 1. The van der Waals surface area contributed by atoms with E-state index >= 15 is 0 Å². The number of amidine groups is 1. The van der Waals surface area contributed by atoms with E-state index in [1.54, 1.807) is 0 Å². The first kappa shape index (κ1) is 21.4. The quantitative estimate of drug-likeness (QED) is 0.792. The lowest BCUT2D eigenvalue weighted by molar-refractivity contribution is 0.0334. The van der Waals surface area contributed by atoms with Crippen LogP contribution < -0.4 is 4.90 Å². The number of likely N-dealkylation sites (N-methyl/N-ethyl adjacent to an activating group) is 2. The van der Waals surface area contributed by atoms with Crippen LogP contribution in [0.4, 0.5) is 5.69 Å². The molecule has 0 spiro atoms. The Morgan fingerprint density at radius 2 is 2.06 bits per heavy atom. The van der Waals surface area contributed by atoms with Crippen molar-refractivity contribution in [2.24, 2.45) is 4.99 Å². The summed E-state index contributed by atoms with van der Waals surface area (Å²) in [5.41, 5.74) is 3.43. The third kappa shape index (κ3) is 3.91. The summed E-state index contributed by atoms with van der Waals surface area (Å²) < 4.78 is 5.69. The fourth-order valence-electron chi connectivity index (χ4n) is 5.22. The summed E-state index contributed by atoms with van der Waals surface area (Å²) in [7, 11) is 0. The Morgan fingerprint density at radius 1 is 1.16 bits per heavy atom. The van der Waals surface area contributed by atoms with Crippen LogP contribution in [0, 0.1) is 0 Å². The number of hydrogen-bond donors (Lipinski definition) is 1. The van der Waals surface area contributed by atoms with Gasteiger partial charge in [0.2, 0.25) is 0 Å². The molecule has 5 rings (SSSR count). The number of morpholine rings is 1. The lowest BCUT2D eigenvalue weighted by Crippen LogP contribution is -2.57. The highest BCUT2D eigenvalue weighted by Crippen LogP contribution is 2.33. The van der Waals surface area contributed by atoms with Crippen molar-refractivity contribution < 1.29 is 4.74 Å². The van der Waals surface area contributed by atoms with Crippen LogP contribution in [-0.4, -0.2) is 102 Å². The highest BCUT2D eigenvalue weighted by Gasteiger charge is 2.35. The molecular formula is C24H35N7O. The molecule has 0 aromatic carbocycles. The highest BCUT2D eigenvalue weighted by molar-refractivity contribution is 5.98. The van der Waals surface area contributed by atoms with Crippen LogP contribution in [0.25, 0.3) is 11.0 Å². The molecular weight excluding hydrogens is 402 g/mol. The SMILES string of the molecule is CCN1CCN(CC)C(C2=CC(N3CCOC[C@H]3C)=NCN2c2ccnc3[nH]ccc23)C1. The summed E-state index contributed by atoms with van der Waals surface area (Å²) in [6, 6.07) is 4.91. The number of piperazine rings is 1. The summed E-state index contributed by atoms with van der Waals surface area (Å²) in [6.45, 7) is 15.2. The van der Waals surface area contributed by atoms with Crippen molar-refractivity contribution in [2.45, 2.75) is 32.9 Å². The molecule has 8 nitrogen and oxygen atoms in total. The largest absolute Gasteiger partial charge is 0.377 e. The van der Waals surface area contributed by atoms with Crippen LogP contribution in [0.5, 0.6) is 0 Å². The number of anilines is 1. The first-order valence-corrected chi connectivity index (χ1v) is 12.0. The van der Waals surface area contributed by atoms with Gasteiger partial charge in [0.05, 0.1) is 31.0 Å². The molecule has 172 valence electrons. The number of hydrogen-bond acceptors (Lipinski definition) is 7. The molecule has 2 aromatic rings. The third-order valence-corrected chi connectivity index (χ3v) is 7.12. The fraction of sp³-hybridized carbons (Fsp3) is 0.583. The van der Waals surface area contributed by atoms with Crippen LogP contribution in [-0.2, 0) is 4.74 Å². The molecule has 0 saturated carbocycles. The number of aromatic amines is 1. The van der Waals surface area contributed by atoms with Gasteiger partial charge in [0, 0.05) is 55.7 Å². The summed E-state index contributed by atoms with van der Waals surface area (Å²) in [5.74, 6) is 1.09. The van der Waals surface area contributed by atoms with Gasteiger partial charge in [-0.1, -0.05) is 13.8 Å². The zero-order chi connectivity index (χ0) is 22.1. The van der Waals surface area contributed by atoms with Gasteiger partial charge >= 0.3 is 0 Å². The van der Waals surface area contributed by atoms with Crippen molar-refractivity contribution in [3.05, 3.63) is 36.3 Å². The normalized spacial score (nSPS) is 25.8. The van der Waals surface area contributed by atoms with Crippen molar-refractivity contribution in [1.29, 1.82) is 0 Å². The number of rotatable bonds is 4. The summed E-state index contributed by atoms with van der Waals surface area (Å²) in [4.78, 5) is 22.8. The van der Waals surface area contributed by atoms with Gasteiger partial charge in [-0.15, -0.1) is 0 Å². The smallest absolute Gasteiger partial charge is 0.139 e. The summed E-state index contributed by atoms with van der Waals surface area (Å²) in [5, 5.41) is 1.14. The van der Waals surface area contributed by atoms with Crippen molar-refractivity contribution in [1.82, 2.24) is 24.7 Å². The maximum absolute atomic E-state index is 5.69. The Bertz CT molecular complexity index is 999. The second-order valence-electron chi connectivity index (χ2n) is 8.88. The van der Waals surface area contributed by atoms with Gasteiger partial charge in [-0.3, -0.25) is 4.90 Å². The molecule has 8 heteroatoms. The maximum Gasteiger partial charge on any atom is 0.139 e. The Labute approximate surface area is 190 Å². The van der Waals surface area contributed by atoms with E-state index in [4.69, 9.17) is 9.73 Å². The number of aromatic nitrogens is 2. The third-order valence-electron chi connectivity index (χ3n) is 7.12. The number of H-pyrrole nitrogens is 1. The van der Waals surface area contributed by atoms with Crippen LogP contribution in [0.15, 0.2) is 41.3 Å². The molecule has 0 aliphatic carbocycles. The average molecular weight is 438 g/mol. The molecule has 0 amide bonds. The summed E-state index contributed by atoms with van der Waals surface area (Å²) >= 11 is 0. The minimum Gasteiger partial charge on any atom is -0.377 e. The van der Waals surface area contributed by atoms with Crippen LogP contribution in [0.2, 0.25) is 0 Å². The van der Waals surface area contributed by atoms with E-state index in [2.05, 4.69) is 68.5 Å². The number of fused-ring (bicyclic) bond motifs is 1. The maximum atomic E-state index is 5.69. The molecule has 2 fully saturated rings. The topological polar surface area (TPSA) is 63.2 Å². The second-order valence-corrected chi connectivity index (χ2v) is 8.88. The summed E-state index contributed by atoms with van der Waals surface area (Å²) in [6.07, 6.45) is 6.21. The zero-order valence-corrected chi connectivity index (χ0v) is 19.5. The predicted molar refractivity (Wildman–Crippen MR) is 129 cm³/mol. The van der Waals surface area contributed by atoms with E-state index in [1.807, 2.05) is 12.4 Å². The van der Waals surface area contributed by atoms with Gasteiger partial charge in [-0.2, -0.15) is 0 Å². The molecule has 5 heterocycles. The number of nitrogens with one attached hydrogen (secondary N) is 1. The van der Waals surface area contributed by atoms with E-state index in [1.165, 1.54) is 11.4 Å². The molecule has 32 heavy (non-hydrogen) atoms. The van der Waals surface area contributed by atoms with Crippen molar-refractivity contribution in [3.8, 4) is 0 Å². The number of pyridine rings is 1. The van der Waals surface area contributed by atoms with Crippen LogP contribution >= 0.6 is 0 Å². The van der Waals surface area contributed by atoms with Crippen LogP contribution in [0.3, 0.4) is 0 Å². The zero-order valence-electron chi connectivity index (χ0n) is 19.5. The molecule has 3 aliphatic heterocycles. The Morgan fingerprint density at radius 3 is 2.88 bits per heavy atom. The molecule has 2 aromatic heterocycles. The molecule has 1 N–H and O–H groups in total. The highest BCUT2D eigenvalue weighted by atomic mass is 16.5. The lowest BCUT2D eigenvalue weighted by atomic mass is 10.0. The van der Waals surface area contributed by atoms with Gasteiger partial charge in [0.25, 0.3) is 0 Å². The molecule has 1 unspecified atom stereocenters. The Hall–Kier alpha value is -2.42. The second kappa shape index (κ2) is 9.21. The molecule has 3 aliphatic rings. The minimum atomic E-state index is 0.331. The fourth-order valence-corrected chi connectivity index (χ4v) is 5.22. The lowest BCUT2D eigenvalue weighted by Gasteiger charge is -2.46. The number of nitrogens with zero attached hydrogens (tertiary/aromatic N) is 6. The molecule has 2 saturated heterocycles. The van der Waals surface area contributed by atoms with Gasteiger partial charge in [0.15, 0.2) is 0 Å². The Balaban J connectivity index is 1.56. The van der Waals surface area contributed by atoms with E-state index in [9.17, 15) is 0 Å². The number of aliphatic imine (C=N–C) groups is 1. The van der Waals surface area contributed by atoms with E-state index < -0.39 is 0 Å². The first-order valence-electron chi connectivity index (χ1n) is 12.0. The van der Waals surface area contributed by atoms with Gasteiger partial charge < -0.3 is 24.4 Å². The standard InChI is InChI=1S/C24H35N7O/c1-4-28-10-11-29(5-2)22(15-28)21-14-23(30-12-13-32-16-18(30)3)27-17-31(21)20-7-9-26-24-19(20)6-8-25-24/h6-9,14,18,22H,4-5,10-13,15-17H2,1-3H3,(H,25,26)/t18-,22?/m1/s1. The van der Waals surface area contributed by atoms with E-state index in [0.717, 1.165) is 69.4 Å². The molecule has 0 radical (unpaired) electrons. The van der Waals surface area contributed by atoms with E-state index in [-0.39, 0.29) is 0 Å². The predicted octanol–water partition coefficient (Wildman–Crippen LogP) is 2.37. The Kier molecular flexibility index (Phi) is 6.17. The van der Waals surface area contributed by atoms with Gasteiger partial charge in [0.1, 0.15) is 18.2 Å². The monoisotopic (exact) mass is 437 g/mol. The van der Waals surface area contributed by atoms with Crippen LogP contribution in [0.1, 0.15) is 20.8 Å².